The van der Waals surface area contributed by atoms with Crippen molar-refractivity contribution in [2.45, 2.75) is 6.61 Å². The summed E-state index contributed by atoms with van der Waals surface area (Å²) in [6.45, 7) is -0.0158. The number of hydrazone groups is 1. The molecule has 0 heterocycles. The zero-order chi connectivity index (χ0) is 15.2. The first kappa shape index (κ1) is 15.0. The summed E-state index contributed by atoms with van der Waals surface area (Å²) >= 11 is 4.64. The van der Waals surface area contributed by atoms with Crippen molar-refractivity contribution < 1.29 is 10.2 Å². The standard InChI is InChI=1S/C15H15N3O2S/c16-15(21)18-17-8-13-7-12(4-5-14(13)20)11-3-1-2-10(6-11)9-19/h1-8,19-20H,9H2,(H3,16,18,21)/b17-8+. The number of hydrogen-bond acceptors (Lipinski definition) is 4. The highest BCUT2D eigenvalue weighted by atomic mass is 32.1. The number of phenols is 1. The van der Waals surface area contributed by atoms with Gasteiger partial charge in [0.25, 0.3) is 0 Å². The van der Waals surface area contributed by atoms with Crippen LogP contribution in [0.15, 0.2) is 47.6 Å². The van der Waals surface area contributed by atoms with Gasteiger partial charge in [-0.2, -0.15) is 5.10 Å². The number of phenolic OH excluding ortho intramolecular Hbond substituents is 1. The van der Waals surface area contributed by atoms with Gasteiger partial charge in [0.05, 0.1) is 12.8 Å². The molecule has 21 heavy (non-hydrogen) atoms. The third-order valence-electron chi connectivity index (χ3n) is 2.85. The molecule has 0 aliphatic rings. The molecule has 0 spiro atoms. The third kappa shape index (κ3) is 4.01. The van der Waals surface area contributed by atoms with Crippen LogP contribution in [0.2, 0.25) is 0 Å². The van der Waals surface area contributed by atoms with Crippen LogP contribution in [0.3, 0.4) is 0 Å². The van der Waals surface area contributed by atoms with Crippen LogP contribution in [0, 0.1) is 0 Å². The van der Waals surface area contributed by atoms with Gasteiger partial charge in [0.1, 0.15) is 5.75 Å². The van der Waals surface area contributed by atoms with Gasteiger partial charge in [0.2, 0.25) is 0 Å². The molecule has 2 aromatic rings. The summed E-state index contributed by atoms with van der Waals surface area (Å²) < 4.78 is 0. The lowest BCUT2D eigenvalue weighted by Crippen LogP contribution is -2.23. The molecule has 0 aliphatic carbocycles. The van der Waals surface area contributed by atoms with Crippen LogP contribution >= 0.6 is 12.2 Å². The van der Waals surface area contributed by atoms with Crippen molar-refractivity contribution in [3.63, 3.8) is 0 Å². The highest BCUT2D eigenvalue weighted by Crippen LogP contribution is 2.25. The molecule has 5 N–H and O–H groups in total. The molecule has 0 saturated carbocycles. The molecule has 0 fully saturated rings. The molecule has 0 radical (unpaired) electrons. The van der Waals surface area contributed by atoms with Crippen LogP contribution in [-0.2, 0) is 6.61 Å². The lowest BCUT2D eigenvalue weighted by molar-refractivity contribution is 0.282. The van der Waals surface area contributed by atoms with Crippen LogP contribution in [0.1, 0.15) is 11.1 Å². The van der Waals surface area contributed by atoms with E-state index < -0.39 is 0 Å². The van der Waals surface area contributed by atoms with Gasteiger partial charge in [-0.15, -0.1) is 0 Å². The Morgan fingerprint density at radius 1 is 1.24 bits per heavy atom. The number of thiocarbonyl (C=S) groups is 1. The van der Waals surface area contributed by atoms with Gasteiger partial charge in [0.15, 0.2) is 5.11 Å². The molecule has 0 amide bonds. The van der Waals surface area contributed by atoms with E-state index in [9.17, 15) is 10.2 Å². The van der Waals surface area contributed by atoms with Gasteiger partial charge in [-0.05, 0) is 47.1 Å². The summed E-state index contributed by atoms with van der Waals surface area (Å²) in [5.41, 5.74) is 10.9. The molecule has 0 aliphatic heterocycles. The maximum absolute atomic E-state index is 9.82. The summed E-state index contributed by atoms with van der Waals surface area (Å²) in [6, 6.07) is 12.7. The minimum absolute atomic E-state index is 0.0158. The Hall–Kier alpha value is -2.44. The molecule has 0 atom stereocenters. The van der Waals surface area contributed by atoms with Crippen molar-refractivity contribution in [2.75, 3.05) is 0 Å². The highest BCUT2D eigenvalue weighted by Gasteiger charge is 2.04. The molecule has 6 heteroatoms. The van der Waals surface area contributed by atoms with E-state index in [1.165, 1.54) is 6.21 Å². The third-order valence-corrected chi connectivity index (χ3v) is 2.94. The van der Waals surface area contributed by atoms with Crippen molar-refractivity contribution in [1.82, 2.24) is 5.43 Å². The van der Waals surface area contributed by atoms with Crippen molar-refractivity contribution in [2.24, 2.45) is 10.8 Å². The van der Waals surface area contributed by atoms with E-state index in [4.69, 9.17) is 5.73 Å². The van der Waals surface area contributed by atoms with E-state index in [-0.39, 0.29) is 17.5 Å². The zero-order valence-electron chi connectivity index (χ0n) is 11.2. The molecule has 2 rings (SSSR count). The topological polar surface area (TPSA) is 90.9 Å². The molecule has 2 aromatic carbocycles. The maximum atomic E-state index is 9.82. The first-order chi connectivity index (χ1) is 10.1. The fraction of sp³-hybridized carbons (Fsp3) is 0.0667. The smallest absolute Gasteiger partial charge is 0.184 e. The number of nitrogens with zero attached hydrogens (tertiary/aromatic N) is 1. The Morgan fingerprint density at radius 3 is 2.71 bits per heavy atom. The number of aromatic hydroxyl groups is 1. The minimum Gasteiger partial charge on any atom is -0.507 e. The zero-order valence-corrected chi connectivity index (χ0v) is 12.0. The van der Waals surface area contributed by atoms with Gasteiger partial charge in [0, 0.05) is 5.56 Å². The Balaban J connectivity index is 2.33. The van der Waals surface area contributed by atoms with Gasteiger partial charge in [-0.25, -0.2) is 0 Å². The number of aliphatic hydroxyl groups is 1. The lowest BCUT2D eigenvalue weighted by Gasteiger charge is -2.06. The van der Waals surface area contributed by atoms with E-state index in [0.29, 0.717) is 5.56 Å². The summed E-state index contributed by atoms with van der Waals surface area (Å²) in [4.78, 5) is 0. The Bertz CT molecular complexity index is 686. The normalized spacial score (nSPS) is 10.7. The summed E-state index contributed by atoms with van der Waals surface area (Å²) in [5, 5.41) is 22.9. The molecule has 108 valence electrons. The number of benzene rings is 2. The highest BCUT2D eigenvalue weighted by molar-refractivity contribution is 7.80. The van der Waals surface area contributed by atoms with E-state index in [1.54, 1.807) is 18.2 Å². The second-order valence-corrected chi connectivity index (χ2v) is 4.81. The lowest BCUT2D eigenvalue weighted by atomic mass is 10.0. The quantitative estimate of drug-likeness (QED) is 0.392. The van der Waals surface area contributed by atoms with E-state index in [1.807, 2.05) is 24.3 Å². The Kier molecular flexibility index (Phi) is 4.86. The van der Waals surface area contributed by atoms with Crippen molar-refractivity contribution in [3.8, 4) is 16.9 Å². The average Bonchev–Trinajstić information content (AvgIpc) is 2.49. The summed E-state index contributed by atoms with van der Waals surface area (Å²) in [5.74, 6) is 0.102. The van der Waals surface area contributed by atoms with Crippen molar-refractivity contribution in [1.29, 1.82) is 0 Å². The van der Waals surface area contributed by atoms with Gasteiger partial charge in [-0.3, -0.25) is 5.43 Å². The second kappa shape index (κ2) is 6.83. The number of nitrogens with one attached hydrogen (secondary N) is 1. The minimum atomic E-state index is -0.0158. The Morgan fingerprint density at radius 2 is 2.00 bits per heavy atom. The van der Waals surface area contributed by atoms with Crippen LogP contribution in [0.4, 0.5) is 0 Å². The SMILES string of the molecule is NC(=S)N/N=C/c1cc(-c2cccc(CO)c2)ccc1O. The van der Waals surface area contributed by atoms with Crippen molar-refractivity contribution >= 4 is 23.5 Å². The van der Waals surface area contributed by atoms with Crippen molar-refractivity contribution in [3.05, 3.63) is 53.6 Å². The maximum Gasteiger partial charge on any atom is 0.184 e. The monoisotopic (exact) mass is 301 g/mol. The predicted molar refractivity (Wildman–Crippen MR) is 87.0 cm³/mol. The molecule has 0 aromatic heterocycles. The molecule has 0 saturated heterocycles. The molecule has 5 nitrogen and oxygen atoms in total. The van der Waals surface area contributed by atoms with E-state index >= 15 is 0 Å². The average molecular weight is 301 g/mol. The van der Waals surface area contributed by atoms with Crippen LogP contribution in [0.5, 0.6) is 5.75 Å². The van der Waals surface area contributed by atoms with Gasteiger partial charge >= 0.3 is 0 Å². The fourth-order valence-corrected chi connectivity index (χ4v) is 1.90. The Labute approximate surface area is 127 Å². The molecule has 0 bridgehead atoms. The van der Waals surface area contributed by atoms with Crippen LogP contribution in [-0.4, -0.2) is 21.5 Å². The number of nitrogens with two attached hydrogens (primary N) is 1. The molecule has 0 unspecified atom stereocenters. The first-order valence-electron chi connectivity index (χ1n) is 6.22. The predicted octanol–water partition coefficient (Wildman–Crippen LogP) is 1.72. The van der Waals surface area contributed by atoms with E-state index in [2.05, 4.69) is 22.7 Å². The second-order valence-electron chi connectivity index (χ2n) is 4.37. The number of hydrogen-bond donors (Lipinski definition) is 4. The van der Waals surface area contributed by atoms with E-state index in [0.717, 1.165) is 16.7 Å². The molecular weight excluding hydrogens is 286 g/mol. The molecular formula is C15H15N3O2S. The fourth-order valence-electron chi connectivity index (χ4n) is 1.85. The summed E-state index contributed by atoms with van der Waals surface area (Å²) in [7, 11) is 0. The van der Waals surface area contributed by atoms with Gasteiger partial charge in [-0.1, -0.05) is 24.3 Å². The number of aliphatic hydroxyl groups excluding tert-OH is 1. The number of rotatable bonds is 4. The van der Waals surface area contributed by atoms with Crippen LogP contribution in [0.25, 0.3) is 11.1 Å². The summed E-state index contributed by atoms with van der Waals surface area (Å²) in [6.07, 6.45) is 1.44. The largest absolute Gasteiger partial charge is 0.507 e. The van der Waals surface area contributed by atoms with Crippen LogP contribution < -0.4 is 11.2 Å². The first-order valence-corrected chi connectivity index (χ1v) is 6.62. The van der Waals surface area contributed by atoms with Gasteiger partial charge < -0.3 is 15.9 Å².